The fourth-order valence-corrected chi connectivity index (χ4v) is 2.60. The topological polar surface area (TPSA) is 58.6 Å². The van der Waals surface area contributed by atoms with Gasteiger partial charge in [-0.05, 0) is 32.6 Å². The number of ether oxygens (including phenoxy) is 1. The van der Waals surface area contributed by atoms with Gasteiger partial charge in [-0.15, -0.1) is 0 Å². The minimum Gasteiger partial charge on any atom is -0.393 e. The molecular formula is C12H21NO3. The summed E-state index contributed by atoms with van der Waals surface area (Å²) in [5.74, 6) is 0.228. The second-order valence-electron chi connectivity index (χ2n) is 5.02. The highest BCUT2D eigenvalue weighted by molar-refractivity contribution is 5.81. The van der Waals surface area contributed by atoms with Gasteiger partial charge in [0.1, 0.15) is 6.10 Å². The Morgan fingerprint density at radius 2 is 2.19 bits per heavy atom. The van der Waals surface area contributed by atoms with E-state index < -0.39 is 0 Å². The summed E-state index contributed by atoms with van der Waals surface area (Å²) < 4.78 is 5.49. The molecule has 1 aliphatic heterocycles. The molecule has 16 heavy (non-hydrogen) atoms. The molecule has 0 aromatic heterocycles. The summed E-state index contributed by atoms with van der Waals surface area (Å²) in [6.07, 6.45) is 4.44. The monoisotopic (exact) mass is 227 g/mol. The molecular weight excluding hydrogens is 206 g/mol. The van der Waals surface area contributed by atoms with E-state index in [9.17, 15) is 9.90 Å². The lowest BCUT2D eigenvalue weighted by Crippen LogP contribution is -2.39. The Labute approximate surface area is 96.4 Å². The molecule has 4 heteroatoms. The van der Waals surface area contributed by atoms with Crippen molar-refractivity contribution in [2.75, 3.05) is 6.54 Å². The van der Waals surface area contributed by atoms with Crippen LogP contribution in [0.15, 0.2) is 0 Å². The van der Waals surface area contributed by atoms with E-state index in [0.717, 1.165) is 32.1 Å². The standard InChI is InChI=1S/C12H21NO3/c1-8-5-6-11(16-8)12(15)13-7-9-3-2-4-10(9)14/h8-11,14H,2-7H2,1H3,(H,13,15). The molecule has 92 valence electrons. The molecule has 0 radical (unpaired) electrons. The first-order valence-electron chi connectivity index (χ1n) is 6.28. The normalized spacial score (nSPS) is 38.9. The van der Waals surface area contributed by atoms with Crippen LogP contribution in [0.5, 0.6) is 0 Å². The fourth-order valence-electron chi connectivity index (χ4n) is 2.60. The van der Waals surface area contributed by atoms with Crippen molar-refractivity contribution in [1.82, 2.24) is 5.32 Å². The highest BCUT2D eigenvalue weighted by Crippen LogP contribution is 2.25. The highest BCUT2D eigenvalue weighted by Gasteiger charge is 2.30. The third-order valence-electron chi connectivity index (χ3n) is 3.68. The first-order chi connectivity index (χ1) is 7.66. The average molecular weight is 227 g/mol. The first-order valence-corrected chi connectivity index (χ1v) is 6.28. The molecule has 0 aromatic rings. The van der Waals surface area contributed by atoms with Gasteiger partial charge in [-0.25, -0.2) is 0 Å². The molecule has 4 nitrogen and oxygen atoms in total. The lowest BCUT2D eigenvalue weighted by molar-refractivity contribution is -0.132. The van der Waals surface area contributed by atoms with E-state index in [0.29, 0.717) is 6.54 Å². The Bertz CT molecular complexity index is 257. The largest absolute Gasteiger partial charge is 0.393 e. The number of aliphatic hydroxyl groups excluding tert-OH is 1. The van der Waals surface area contributed by atoms with Gasteiger partial charge < -0.3 is 15.2 Å². The SMILES string of the molecule is CC1CCC(C(=O)NCC2CCCC2O)O1. The van der Waals surface area contributed by atoms with Crippen molar-refractivity contribution in [1.29, 1.82) is 0 Å². The van der Waals surface area contributed by atoms with Gasteiger partial charge in [0.05, 0.1) is 12.2 Å². The number of nitrogens with one attached hydrogen (secondary N) is 1. The van der Waals surface area contributed by atoms with Crippen LogP contribution in [0.25, 0.3) is 0 Å². The Hall–Kier alpha value is -0.610. The summed E-state index contributed by atoms with van der Waals surface area (Å²) in [6.45, 7) is 2.59. The van der Waals surface area contributed by atoms with Crippen LogP contribution in [-0.2, 0) is 9.53 Å². The van der Waals surface area contributed by atoms with E-state index in [1.54, 1.807) is 0 Å². The number of carbonyl (C=O) groups excluding carboxylic acids is 1. The van der Waals surface area contributed by atoms with Gasteiger partial charge in [-0.1, -0.05) is 6.42 Å². The molecule has 2 aliphatic rings. The van der Waals surface area contributed by atoms with Crippen LogP contribution in [0.3, 0.4) is 0 Å². The second-order valence-corrected chi connectivity index (χ2v) is 5.02. The Kier molecular flexibility index (Phi) is 3.82. The third kappa shape index (κ3) is 2.74. The molecule has 1 aliphatic carbocycles. The summed E-state index contributed by atoms with van der Waals surface area (Å²) in [6, 6.07) is 0. The number of aliphatic hydroxyl groups is 1. The van der Waals surface area contributed by atoms with E-state index in [1.807, 2.05) is 6.92 Å². The molecule has 1 amide bonds. The molecule has 0 spiro atoms. The maximum atomic E-state index is 11.7. The van der Waals surface area contributed by atoms with Gasteiger partial charge in [0.15, 0.2) is 0 Å². The number of hydrogen-bond acceptors (Lipinski definition) is 3. The fraction of sp³-hybridized carbons (Fsp3) is 0.917. The molecule has 2 N–H and O–H groups in total. The van der Waals surface area contributed by atoms with Gasteiger partial charge in [0.2, 0.25) is 5.91 Å². The molecule has 0 aromatic carbocycles. The van der Waals surface area contributed by atoms with Crippen LogP contribution in [-0.4, -0.2) is 35.9 Å². The maximum Gasteiger partial charge on any atom is 0.249 e. The van der Waals surface area contributed by atoms with E-state index in [2.05, 4.69) is 5.32 Å². The summed E-state index contributed by atoms with van der Waals surface area (Å²) in [5.41, 5.74) is 0. The molecule has 2 rings (SSSR count). The van der Waals surface area contributed by atoms with Crippen LogP contribution in [0.2, 0.25) is 0 Å². The van der Waals surface area contributed by atoms with Gasteiger partial charge in [0, 0.05) is 12.5 Å². The van der Waals surface area contributed by atoms with Gasteiger partial charge in [-0.3, -0.25) is 4.79 Å². The maximum absolute atomic E-state index is 11.7. The zero-order chi connectivity index (χ0) is 11.5. The lowest BCUT2D eigenvalue weighted by Gasteiger charge is -2.17. The minimum absolute atomic E-state index is 0.0107. The predicted molar refractivity (Wildman–Crippen MR) is 59.9 cm³/mol. The Morgan fingerprint density at radius 3 is 2.75 bits per heavy atom. The summed E-state index contributed by atoms with van der Waals surface area (Å²) >= 11 is 0. The molecule has 1 heterocycles. The second kappa shape index (κ2) is 5.15. The number of rotatable bonds is 3. The van der Waals surface area contributed by atoms with Crippen molar-refractivity contribution in [2.45, 2.75) is 57.3 Å². The van der Waals surface area contributed by atoms with E-state index in [1.165, 1.54) is 0 Å². The molecule has 2 fully saturated rings. The van der Waals surface area contributed by atoms with Crippen molar-refractivity contribution in [2.24, 2.45) is 5.92 Å². The molecule has 1 saturated heterocycles. The summed E-state index contributed by atoms with van der Waals surface area (Å²) in [7, 11) is 0. The quantitative estimate of drug-likeness (QED) is 0.751. The summed E-state index contributed by atoms with van der Waals surface area (Å²) in [4.78, 5) is 11.7. The van der Waals surface area contributed by atoms with Crippen molar-refractivity contribution < 1.29 is 14.6 Å². The van der Waals surface area contributed by atoms with Crippen molar-refractivity contribution in [3.8, 4) is 0 Å². The molecule has 1 saturated carbocycles. The van der Waals surface area contributed by atoms with Crippen LogP contribution >= 0.6 is 0 Å². The predicted octanol–water partition coefficient (Wildman–Crippen LogP) is 0.831. The number of hydrogen-bond donors (Lipinski definition) is 2. The Balaban J connectivity index is 1.71. The molecule has 4 atom stereocenters. The average Bonchev–Trinajstić information content (AvgIpc) is 2.84. The van der Waals surface area contributed by atoms with Crippen molar-refractivity contribution >= 4 is 5.91 Å². The minimum atomic E-state index is -0.270. The van der Waals surface area contributed by atoms with Gasteiger partial charge in [-0.2, -0.15) is 0 Å². The van der Waals surface area contributed by atoms with Crippen LogP contribution in [0.1, 0.15) is 39.0 Å². The van der Waals surface area contributed by atoms with E-state index >= 15 is 0 Å². The highest BCUT2D eigenvalue weighted by atomic mass is 16.5. The lowest BCUT2D eigenvalue weighted by atomic mass is 10.1. The van der Waals surface area contributed by atoms with Crippen molar-refractivity contribution in [3.63, 3.8) is 0 Å². The van der Waals surface area contributed by atoms with E-state index in [4.69, 9.17) is 4.74 Å². The van der Waals surface area contributed by atoms with Crippen LogP contribution in [0.4, 0.5) is 0 Å². The van der Waals surface area contributed by atoms with Crippen molar-refractivity contribution in [3.05, 3.63) is 0 Å². The smallest absolute Gasteiger partial charge is 0.249 e. The van der Waals surface area contributed by atoms with E-state index in [-0.39, 0.29) is 30.1 Å². The zero-order valence-corrected chi connectivity index (χ0v) is 9.82. The zero-order valence-electron chi connectivity index (χ0n) is 9.82. The first kappa shape index (κ1) is 11.9. The van der Waals surface area contributed by atoms with Gasteiger partial charge >= 0.3 is 0 Å². The Morgan fingerprint density at radius 1 is 1.38 bits per heavy atom. The third-order valence-corrected chi connectivity index (χ3v) is 3.68. The van der Waals surface area contributed by atoms with Crippen LogP contribution in [0, 0.1) is 5.92 Å². The molecule has 4 unspecified atom stereocenters. The number of amides is 1. The van der Waals surface area contributed by atoms with Gasteiger partial charge in [0.25, 0.3) is 0 Å². The molecule has 0 bridgehead atoms. The number of carbonyl (C=O) groups is 1. The van der Waals surface area contributed by atoms with Crippen LogP contribution < -0.4 is 5.32 Å². The summed E-state index contributed by atoms with van der Waals surface area (Å²) in [5, 5.41) is 12.5.